The van der Waals surface area contributed by atoms with E-state index in [2.05, 4.69) is 5.32 Å². The topological polar surface area (TPSA) is 83.1 Å². The molecule has 0 fully saturated rings. The number of Topliss-reactive ketones (excluding diaryl/α,β-unsaturated/α-hetero) is 1. The van der Waals surface area contributed by atoms with Crippen molar-refractivity contribution in [2.45, 2.75) is 58.0 Å². The fourth-order valence-corrected chi connectivity index (χ4v) is 5.12. The molecule has 1 N–H and O–H groups in total. The van der Waals surface area contributed by atoms with Gasteiger partial charge in [0, 0.05) is 35.0 Å². The van der Waals surface area contributed by atoms with Crippen molar-refractivity contribution in [3.63, 3.8) is 0 Å². The number of carbonyl (C=O) groups excluding carboxylic acids is 2. The third kappa shape index (κ3) is 5.22. The van der Waals surface area contributed by atoms with Crippen LogP contribution in [0.5, 0.6) is 17.2 Å². The zero-order chi connectivity index (χ0) is 26.7. The van der Waals surface area contributed by atoms with Gasteiger partial charge in [0.2, 0.25) is 0 Å². The Balaban J connectivity index is 1.81. The molecule has 3 atom stereocenters. The molecule has 0 saturated heterocycles. The number of hydrogen-bond acceptors (Lipinski definition) is 7. The molecular formula is C30H35NO6. The van der Waals surface area contributed by atoms with E-state index in [4.69, 9.17) is 18.9 Å². The van der Waals surface area contributed by atoms with Crippen LogP contribution in [0.3, 0.4) is 0 Å². The first-order chi connectivity index (χ1) is 17.8. The Kier molecular flexibility index (Phi) is 7.91. The van der Waals surface area contributed by atoms with Crippen LogP contribution in [0.1, 0.15) is 63.0 Å². The smallest absolute Gasteiger partial charge is 0.337 e. The highest BCUT2D eigenvalue weighted by Crippen LogP contribution is 2.48. The van der Waals surface area contributed by atoms with Gasteiger partial charge in [-0.05, 0) is 56.4 Å². The van der Waals surface area contributed by atoms with Crippen LogP contribution in [-0.4, -0.2) is 39.2 Å². The van der Waals surface area contributed by atoms with Crippen LogP contribution >= 0.6 is 0 Å². The molecule has 4 rings (SSSR count). The molecule has 196 valence electrons. The molecule has 0 amide bonds. The molecule has 0 saturated carbocycles. The van der Waals surface area contributed by atoms with Crippen LogP contribution in [0, 0.1) is 0 Å². The van der Waals surface area contributed by atoms with Crippen LogP contribution in [0.15, 0.2) is 65.0 Å². The van der Waals surface area contributed by atoms with Crippen LogP contribution in [0.2, 0.25) is 0 Å². The first-order valence-corrected chi connectivity index (χ1v) is 12.6. The van der Waals surface area contributed by atoms with Crippen LogP contribution in [0.25, 0.3) is 0 Å². The molecule has 37 heavy (non-hydrogen) atoms. The summed E-state index contributed by atoms with van der Waals surface area (Å²) in [4.78, 5) is 27.3. The molecular weight excluding hydrogens is 470 g/mol. The molecule has 2 aliphatic rings. The van der Waals surface area contributed by atoms with E-state index in [0.29, 0.717) is 47.6 Å². The zero-order valence-electron chi connectivity index (χ0n) is 22.3. The van der Waals surface area contributed by atoms with Gasteiger partial charge in [-0.1, -0.05) is 25.1 Å². The monoisotopic (exact) mass is 505 g/mol. The maximum absolute atomic E-state index is 13.8. The minimum atomic E-state index is -0.613. The van der Waals surface area contributed by atoms with Gasteiger partial charge in [0.1, 0.15) is 17.2 Å². The fourth-order valence-electron chi connectivity index (χ4n) is 5.12. The molecule has 1 aliphatic heterocycles. The Hall–Kier alpha value is -3.74. The van der Waals surface area contributed by atoms with Crippen molar-refractivity contribution in [1.29, 1.82) is 0 Å². The maximum atomic E-state index is 13.8. The second-order valence-corrected chi connectivity index (χ2v) is 9.52. The quantitative estimate of drug-likeness (QED) is 0.480. The second kappa shape index (κ2) is 11.1. The van der Waals surface area contributed by atoms with E-state index in [1.807, 2.05) is 57.2 Å². The zero-order valence-corrected chi connectivity index (χ0v) is 22.3. The summed E-state index contributed by atoms with van der Waals surface area (Å²) in [7, 11) is 4.79. The fraction of sp³-hybridized carbons (Fsp3) is 0.400. The lowest BCUT2D eigenvalue weighted by molar-refractivity contribution is -0.144. The minimum absolute atomic E-state index is 0.00113. The largest absolute Gasteiger partial charge is 0.497 e. The van der Waals surface area contributed by atoms with E-state index in [9.17, 15) is 9.59 Å². The SMILES string of the molecule is CCC(C)OC(=O)C1=C(C)NC2=C(C(=O)CC(c3ccc(OC)cc3)C2)C1c1ccc(OC)cc1OC. The average molecular weight is 506 g/mol. The third-order valence-electron chi connectivity index (χ3n) is 7.27. The molecule has 0 aromatic heterocycles. The Morgan fingerprint density at radius 2 is 1.68 bits per heavy atom. The lowest BCUT2D eigenvalue weighted by atomic mass is 9.71. The molecule has 1 aliphatic carbocycles. The van der Waals surface area contributed by atoms with E-state index in [0.717, 1.165) is 22.6 Å². The number of esters is 1. The third-order valence-corrected chi connectivity index (χ3v) is 7.27. The predicted molar refractivity (Wildman–Crippen MR) is 141 cm³/mol. The highest BCUT2D eigenvalue weighted by molar-refractivity contribution is 6.04. The summed E-state index contributed by atoms with van der Waals surface area (Å²) in [6.45, 7) is 5.69. The summed E-state index contributed by atoms with van der Waals surface area (Å²) in [5.74, 6) is 0.920. The number of benzene rings is 2. The van der Waals surface area contributed by atoms with Gasteiger partial charge in [0.05, 0.1) is 38.9 Å². The van der Waals surface area contributed by atoms with Gasteiger partial charge < -0.3 is 24.3 Å². The van der Waals surface area contributed by atoms with Crippen molar-refractivity contribution < 1.29 is 28.5 Å². The van der Waals surface area contributed by atoms with Gasteiger partial charge in [-0.15, -0.1) is 0 Å². The maximum Gasteiger partial charge on any atom is 0.337 e. The van der Waals surface area contributed by atoms with Gasteiger partial charge in [-0.3, -0.25) is 4.79 Å². The average Bonchev–Trinajstić information content (AvgIpc) is 2.91. The summed E-state index contributed by atoms with van der Waals surface area (Å²) in [5, 5.41) is 3.40. The minimum Gasteiger partial charge on any atom is -0.497 e. The number of methoxy groups -OCH3 is 3. The molecule has 3 unspecified atom stereocenters. The van der Waals surface area contributed by atoms with E-state index in [-0.39, 0.29) is 17.8 Å². The molecule has 0 spiro atoms. The Labute approximate surface area is 218 Å². The summed E-state index contributed by atoms with van der Waals surface area (Å²) in [5.41, 5.74) is 4.33. The van der Waals surface area contributed by atoms with Crippen molar-refractivity contribution in [2.75, 3.05) is 21.3 Å². The van der Waals surface area contributed by atoms with Crippen LogP contribution < -0.4 is 19.5 Å². The van der Waals surface area contributed by atoms with Crippen molar-refractivity contribution in [3.05, 3.63) is 76.1 Å². The van der Waals surface area contributed by atoms with Crippen LogP contribution in [-0.2, 0) is 14.3 Å². The number of ether oxygens (including phenoxy) is 4. The molecule has 1 heterocycles. The summed E-state index contributed by atoms with van der Waals surface area (Å²) >= 11 is 0. The normalized spacial score (nSPS) is 20.1. The second-order valence-electron chi connectivity index (χ2n) is 9.52. The first-order valence-electron chi connectivity index (χ1n) is 12.6. The van der Waals surface area contributed by atoms with E-state index in [1.165, 1.54) is 0 Å². The van der Waals surface area contributed by atoms with E-state index < -0.39 is 11.9 Å². The Morgan fingerprint density at radius 1 is 1.00 bits per heavy atom. The number of ketones is 1. The number of allylic oxidation sites excluding steroid dienone is 3. The number of carbonyl (C=O) groups is 2. The van der Waals surface area contributed by atoms with Gasteiger partial charge in [0.15, 0.2) is 5.78 Å². The van der Waals surface area contributed by atoms with E-state index in [1.54, 1.807) is 27.4 Å². The van der Waals surface area contributed by atoms with Gasteiger partial charge in [-0.2, -0.15) is 0 Å². The van der Waals surface area contributed by atoms with Gasteiger partial charge >= 0.3 is 5.97 Å². The van der Waals surface area contributed by atoms with Crippen LogP contribution in [0.4, 0.5) is 0 Å². The molecule has 0 bridgehead atoms. The highest BCUT2D eigenvalue weighted by atomic mass is 16.5. The summed E-state index contributed by atoms with van der Waals surface area (Å²) in [6, 6.07) is 13.3. The van der Waals surface area contributed by atoms with Gasteiger partial charge in [0.25, 0.3) is 0 Å². The number of nitrogens with one attached hydrogen (secondary N) is 1. The molecule has 7 heteroatoms. The number of dihydropyridines is 1. The highest BCUT2D eigenvalue weighted by Gasteiger charge is 2.42. The summed E-state index contributed by atoms with van der Waals surface area (Å²) < 4.78 is 22.1. The molecule has 2 aromatic carbocycles. The lowest BCUT2D eigenvalue weighted by Gasteiger charge is -2.37. The van der Waals surface area contributed by atoms with Crippen molar-refractivity contribution in [2.24, 2.45) is 0 Å². The van der Waals surface area contributed by atoms with Crippen molar-refractivity contribution in [1.82, 2.24) is 5.32 Å². The van der Waals surface area contributed by atoms with E-state index >= 15 is 0 Å². The molecule has 7 nitrogen and oxygen atoms in total. The molecule has 2 aromatic rings. The predicted octanol–water partition coefficient (Wildman–Crippen LogP) is 5.42. The first kappa shape index (κ1) is 26.3. The number of rotatable bonds is 8. The van der Waals surface area contributed by atoms with Gasteiger partial charge in [-0.25, -0.2) is 4.79 Å². The number of hydrogen-bond donors (Lipinski definition) is 1. The van der Waals surface area contributed by atoms with Crippen molar-refractivity contribution >= 4 is 11.8 Å². The lowest BCUT2D eigenvalue weighted by Crippen LogP contribution is -2.36. The molecule has 0 radical (unpaired) electrons. The van der Waals surface area contributed by atoms with Crippen molar-refractivity contribution in [3.8, 4) is 17.2 Å². The Morgan fingerprint density at radius 3 is 2.30 bits per heavy atom. The Bertz CT molecular complexity index is 1240. The summed E-state index contributed by atoms with van der Waals surface area (Å²) in [6.07, 6.45) is 1.43. The standard InChI is InChI=1S/C30H35NO6/c1-7-17(2)37-30(33)27-18(3)31-24-14-20(19-8-10-21(34-4)11-9-19)15-25(32)29(24)28(27)23-13-12-22(35-5)16-26(23)36-6/h8-13,16-17,20,28,31H,7,14-15H2,1-6H3.